The zero-order valence-electron chi connectivity index (χ0n) is 15.1. The lowest BCUT2D eigenvalue weighted by Gasteiger charge is -2.33. The Morgan fingerprint density at radius 1 is 1.08 bits per heavy atom. The summed E-state index contributed by atoms with van der Waals surface area (Å²) in [5.74, 6) is 1.61. The first kappa shape index (κ1) is 15.8. The summed E-state index contributed by atoms with van der Waals surface area (Å²) in [6.45, 7) is 4.60. The molecule has 0 fully saturated rings. The molecule has 0 radical (unpaired) electrons. The second kappa shape index (κ2) is 5.99. The van der Waals surface area contributed by atoms with E-state index >= 15 is 0 Å². The van der Waals surface area contributed by atoms with E-state index in [-0.39, 0.29) is 12.8 Å². The van der Waals surface area contributed by atoms with Gasteiger partial charge in [-0.25, -0.2) is 0 Å². The molecular weight excluding hydrogens is 314 g/mol. The molecule has 25 heavy (non-hydrogen) atoms. The van der Waals surface area contributed by atoms with Crippen LogP contribution in [0.4, 0.5) is 11.4 Å². The predicted octanol–water partition coefficient (Wildman–Crippen LogP) is 3.83. The fourth-order valence-electron chi connectivity index (χ4n) is 3.30. The van der Waals surface area contributed by atoms with Gasteiger partial charge in [-0.1, -0.05) is 12.1 Å². The van der Waals surface area contributed by atoms with Gasteiger partial charge in [-0.15, -0.1) is 0 Å². The third-order valence-corrected chi connectivity index (χ3v) is 4.72. The van der Waals surface area contributed by atoms with E-state index in [0.29, 0.717) is 6.04 Å². The Bertz CT molecular complexity index is 812. The molecule has 0 saturated carbocycles. The molecule has 0 aliphatic carbocycles. The number of fused-ring (bicyclic) bond motifs is 2. The van der Waals surface area contributed by atoms with Crippen LogP contribution in [0.2, 0.25) is 0 Å². The molecule has 2 aromatic carbocycles. The Kier molecular flexibility index (Phi) is 3.79. The van der Waals surface area contributed by atoms with E-state index in [1.165, 1.54) is 11.3 Å². The smallest absolute Gasteiger partial charge is 0.231 e. The minimum absolute atomic E-state index is 0.0317. The summed E-state index contributed by atoms with van der Waals surface area (Å²) in [4.78, 5) is 9.11. The average Bonchev–Trinajstić information content (AvgIpc) is 3.06. The van der Waals surface area contributed by atoms with Crippen molar-refractivity contribution in [2.24, 2.45) is 4.99 Å². The third-order valence-electron chi connectivity index (χ3n) is 4.72. The van der Waals surface area contributed by atoms with Gasteiger partial charge in [0.2, 0.25) is 6.79 Å². The van der Waals surface area contributed by atoms with Crippen LogP contribution < -0.4 is 19.3 Å². The van der Waals surface area contributed by atoms with Gasteiger partial charge in [0.05, 0.1) is 12.0 Å². The van der Waals surface area contributed by atoms with Crippen molar-refractivity contribution in [2.75, 3.05) is 30.7 Å². The summed E-state index contributed by atoms with van der Waals surface area (Å²) in [6, 6.07) is 13.0. The minimum Gasteiger partial charge on any atom is -0.454 e. The van der Waals surface area contributed by atoms with Crippen molar-refractivity contribution in [2.45, 2.75) is 25.9 Å². The van der Waals surface area contributed by atoms with Gasteiger partial charge in [0.25, 0.3) is 0 Å². The van der Waals surface area contributed by atoms with E-state index in [1.807, 2.05) is 20.4 Å². The highest BCUT2D eigenvalue weighted by Crippen LogP contribution is 2.45. The second-order valence-corrected chi connectivity index (χ2v) is 6.92. The quantitative estimate of drug-likeness (QED) is 0.853. The van der Waals surface area contributed by atoms with Crippen molar-refractivity contribution < 1.29 is 9.47 Å². The molecule has 0 amide bonds. The van der Waals surface area contributed by atoms with Crippen LogP contribution >= 0.6 is 0 Å². The van der Waals surface area contributed by atoms with Crippen molar-refractivity contribution in [3.05, 3.63) is 47.5 Å². The fraction of sp³-hybridized carbons (Fsp3) is 0.350. The zero-order chi connectivity index (χ0) is 17.6. The molecule has 0 bridgehead atoms. The Morgan fingerprint density at radius 3 is 2.40 bits per heavy atom. The lowest BCUT2D eigenvalue weighted by molar-refractivity contribution is 0.174. The first-order chi connectivity index (χ1) is 12.0. The molecule has 4 rings (SSSR count). The van der Waals surface area contributed by atoms with Crippen molar-refractivity contribution in [3.8, 4) is 11.5 Å². The van der Waals surface area contributed by atoms with Crippen LogP contribution in [0.15, 0.2) is 41.4 Å². The van der Waals surface area contributed by atoms with Gasteiger partial charge in [-0.2, -0.15) is 0 Å². The Labute approximate surface area is 148 Å². The first-order valence-electron chi connectivity index (χ1n) is 8.57. The highest BCUT2D eigenvalue weighted by atomic mass is 16.7. The van der Waals surface area contributed by atoms with Gasteiger partial charge >= 0.3 is 0 Å². The van der Waals surface area contributed by atoms with Gasteiger partial charge in [0.1, 0.15) is 6.04 Å². The Balaban J connectivity index is 1.79. The standard InChI is InChI=1S/C20H23N3O2/c1-13(2)23-11-21-20(14-5-7-15(8-6-14)22(3)4)16-9-18-19(10-17(16)23)25-12-24-18/h5-11,13,20H,12H2,1-4H3. The molecule has 0 saturated heterocycles. The maximum absolute atomic E-state index is 5.60. The van der Waals surface area contributed by atoms with Crippen molar-refractivity contribution >= 4 is 17.7 Å². The van der Waals surface area contributed by atoms with Gasteiger partial charge in [0, 0.05) is 37.5 Å². The lowest BCUT2D eigenvalue weighted by Crippen LogP contribution is -2.33. The van der Waals surface area contributed by atoms with Crippen LogP contribution in [-0.4, -0.2) is 33.3 Å². The molecule has 2 aliphatic heterocycles. The van der Waals surface area contributed by atoms with Crippen LogP contribution in [0.1, 0.15) is 31.0 Å². The minimum atomic E-state index is -0.0317. The maximum atomic E-state index is 5.60. The lowest BCUT2D eigenvalue weighted by atomic mass is 9.94. The van der Waals surface area contributed by atoms with Gasteiger partial charge in [-0.05, 0) is 37.6 Å². The molecule has 5 heteroatoms. The highest BCUT2D eigenvalue weighted by Gasteiger charge is 2.29. The number of benzene rings is 2. The second-order valence-electron chi connectivity index (χ2n) is 6.92. The molecule has 0 spiro atoms. The van der Waals surface area contributed by atoms with E-state index < -0.39 is 0 Å². The summed E-state index contributed by atoms with van der Waals surface area (Å²) in [5.41, 5.74) is 4.64. The number of hydrogen-bond donors (Lipinski definition) is 0. The molecule has 0 aromatic heterocycles. The third kappa shape index (κ3) is 2.69. The van der Waals surface area contributed by atoms with Crippen molar-refractivity contribution in [1.82, 2.24) is 0 Å². The van der Waals surface area contributed by atoms with E-state index in [2.05, 4.69) is 60.0 Å². The topological polar surface area (TPSA) is 37.3 Å². The SMILES string of the molecule is CC(C)N1C=NC(c2ccc(N(C)C)cc2)c2cc3c(cc21)OCO3. The van der Waals surface area contributed by atoms with Crippen molar-refractivity contribution in [3.63, 3.8) is 0 Å². The molecule has 5 nitrogen and oxygen atoms in total. The first-order valence-corrected chi connectivity index (χ1v) is 8.57. The summed E-state index contributed by atoms with van der Waals surface area (Å²) in [6.07, 6.45) is 1.94. The summed E-state index contributed by atoms with van der Waals surface area (Å²) < 4.78 is 11.2. The number of aliphatic imine (C=N–C) groups is 1. The largest absolute Gasteiger partial charge is 0.454 e. The number of ether oxygens (including phenoxy) is 2. The number of rotatable bonds is 3. The van der Waals surface area contributed by atoms with E-state index in [1.54, 1.807) is 0 Å². The van der Waals surface area contributed by atoms with Crippen LogP contribution in [0.5, 0.6) is 11.5 Å². The average molecular weight is 337 g/mol. The molecule has 2 aromatic rings. The molecule has 130 valence electrons. The molecule has 1 unspecified atom stereocenters. The Hall–Kier alpha value is -2.69. The van der Waals surface area contributed by atoms with Crippen molar-refractivity contribution in [1.29, 1.82) is 0 Å². The molecule has 2 heterocycles. The number of nitrogens with zero attached hydrogens (tertiary/aromatic N) is 3. The monoisotopic (exact) mass is 337 g/mol. The van der Waals surface area contributed by atoms with Crippen LogP contribution in [0.3, 0.4) is 0 Å². The van der Waals surface area contributed by atoms with E-state index in [0.717, 1.165) is 22.7 Å². The van der Waals surface area contributed by atoms with Crippen LogP contribution in [-0.2, 0) is 0 Å². The summed E-state index contributed by atoms with van der Waals surface area (Å²) in [5, 5.41) is 0. The molecule has 2 aliphatic rings. The van der Waals surface area contributed by atoms with E-state index in [4.69, 9.17) is 14.5 Å². The Morgan fingerprint density at radius 2 is 1.76 bits per heavy atom. The molecular formula is C20H23N3O2. The van der Waals surface area contributed by atoms with Gasteiger partial charge in [0.15, 0.2) is 11.5 Å². The van der Waals surface area contributed by atoms with Crippen LogP contribution in [0.25, 0.3) is 0 Å². The normalized spacial score (nSPS) is 17.8. The van der Waals surface area contributed by atoms with Crippen LogP contribution in [0, 0.1) is 0 Å². The zero-order valence-corrected chi connectivity index (χ0v) is 15.1. The summed E-state index contributed by atoms with van der Waals surface area (Å²) in [7, 11) is 4.09. The number of hydrogen-bond acceptors (Lipinski definition) is 5. The maximum Gasteiger partial charge on any atom is 0.231 e. The summed E-state index contributed by atoms with van der Waals surface area (Å²) >= 11 is 0. The number of anilines is 2. The van der Waals surface area contributed by atoms with E-state index in [9.17, 15) is 0 Å². The van der Waals surface area contributed by atoms with Gasteiger partial charge < -0.3 is 19.3 Å². The molecule has 0 N–H and O–H groups in total. The highest BCUT2D eigenvalue weighted by molar-refractivity contribution is 5.86. The predicted molar refractivity (Wildman–Crippen MR) is 101 cm³/mol. The fourth-order valence-corrected chi connectivity index (χ4v) is 3.30. The molecule has 1 atom stereocenters. The van der Waals surface area contributed by atoms with Gasteiger partial charge in [-0.3, -0.25) is 4.99 Å².